The van der Waals surface area contributed by atoms with Gasteiger partial charge >= 0.3 is 0 Å². The normalized spacial score (nSPS) is 13.1. The molecular weight excluding hydrogens is 438 g/mol. The van der Waals surface area contributed by atoms with Gasteiger partial charge in [-0.25, -0.2) is 4.99 Å². The van der Waals surface area contributed by atoms with Gasteiger partial charge in [0, 0.05) is 26.2 Å². The van der Waals surface area contributed by atoms with Gasteiger partial charge in [0.2, 0.25) is 0 Å². The van der Waals surface area contributed by atoms with Crippen LogP contribution in [0.15, 0.2) is 98.8 Å². The summed E-state index contributed by atoms with van der Waals surface area (Å²) in [7, 11) is 0. The SMILES string of the molecule is O=C1N=c2ccccc2=C1c1c(-c2ccccc2)oc2ccc3ccc(Br)cc3c12. The summed E-state index contributed by atoms with van der Waals surface area (Å²) < 4.78 is 7.35. The van der Waals surface area contributed by atoms with Crippen molar-refractivity contribution in [2.45, 2.75) is 0 Å². The molecule has 1 aromatic heterocycles. The fourth-order valence-electron chi connectivity index (χ4n) is 4.23. The number of hydrogen-bond acceptors (Lipinski definition) is 2. The van der Waals surface area contributed by atoms with Gasteiger partial charge in [0.15, 0.2) is 0 Å². The molecule has 1 aliphatic rings. The Balaban J connectivity index is 1.86. The first-order valence-electron chi connectivity index (χ1n) is 9.64. The van der Waals surface area contributed by atoms with E-state index in [0.29, 0.717) is 16.7 Å². The number of fused-ring (bicyclic) bond motifs is 4. The van der Waals surface area contributed by atoms with Crippen LogP contribution in [0, 0.1) is 0 Å². The zero-order chi connectivity index (χ0) is 20.2. The quantitative estimate of drug-likeness (QED) is 0.361. The lowest BCUT2D eigenvalue weighted by Gasteiger charge is -2.06. The highest BCUT2D eigenvalue weighted by Crippen LogP contribution is 2.41. The number of nitrogens with zero attached hydrogens (tertiary/aromatic N) is 1. The fraction of sp³-hybridized carbons (Fsp3) is 0. The maximum atomic E-state index is 13.1. The van der Waals surface area contributed by atoms with Crippen LogP contribution in [0.3, 0.4) is 0 Å². The van der Waals surface area contributed by atoms with Gasteiger partial charge in [-0.05, 0) is 35.0 Å². The Labute approximate surface area is 180 Å². The maximum Gasteiger partial charge on any atom is 0.279 e. The van der Waals surface area contributed by atoms with Crippen LogP contribution in [-0.2, 0) is 4.79 Å². The number of hydrogen-bond donors (Lipinski definition) is 0. The molecule has 0 saturated carbocycles. The predicted octanol–water partition coefficient (Wildman–Crippen LogP) is 5.37. The molecule has 0 N–H and O–H groups in total. The van der Waals surface area contributed by atoms with Gasteiger partial charge < -0.3 is 4.42 Å². The summed E-state index contributed by atoms with van der Waals surface area (Å²) in [5.41, 5.74) is 3.07. The van der Waals surface area contributed by atoms with E-state index in [1.807, 2.05) is 72.8 Å². The van der Waals surface area contributed by atoms with E-state index >= 15 is 0 Å². The van der Waals surface area contributed by atoms with E-state index in [4.69, 9.17) is 4.42 Å². The van der Waals surface area contributed by atoms with Crippen LogP contribution in [0.4, 0.5) is 0 Å². The summed E-state index contributed by atoms with van der Waals surface area (Å²) >= 11 is 3.59. The Morgan fingerprint density at radius 1 is 0.833 bits per heavy atom. The molecule has 0 unspecified atom stereocenters. The minimum absolute atomic E-state index is 0.233. The second-order valence-corrected chi connectivity index (χ2v) is 8.20. The monoisotopic (exact) mass is 451 g/mol. The van der Waals surface area contributed by atoms with E-state index < -0.39 is 0 Å². The van der Waals surface area contributed by atoms with Gasteiger partial charge in [-0.15, -0.1) is 0 Å². The highest BCUT2D eigenvalue weighted by atomic mass is 79.9. The number of benzene rings is 4. The summed E-state index contributed by atoms with van der Waals surface area (Å²) in [6, 6.07) is 27.8. The number of furan rings is 1. The van der Waals surface area contributed by atoms with Crippen molar-refractivity contribution in [3.8, 4) is 11.3 Å². The van der Waals surface area contributed by atoms with Gasteiger partial charge in [-0.1, -0.05) is 76.6 Å². The van der Waals surface area contributed by atoms with Crippen molar-refractivity contribution in [1.82, 2.24) is 0 Å². The van der Waals surface area contributed by atoms with Gasteiger partial charge in [0.25, 0.3) is 5.91 Å². The van der Waals surface area contributed by atoms with Gasteiger partial charge in [0.05, 0.1) is 10.9 Å². The molecule has 0 spiro atoms. The second kappa shape index (κ2) is 6.51. The molecule has 4 aromatic carbocycles. The summed E-state index contributed by atoms with van der Waals surface area (Å²) in [5.74, 6) is 0.455. The van der Waals surface area contributed by atoms with Crippen molar-refractivity contribution in [3.05, 3.63) is 106 Å². The number of para-hydroxylation sites is 1. The largest absolute Gasteiger partial charge is 0.455 e. The van der Waals surface area contributed by atoms with Gasteiger partial charge in [-0.3, -0.25) is 4.79 Å². The van der Waals surface area contributed by atoms with Crippen LogP contribution >= 0.6 is 15.9 Å². The lowest BCUT2D eigenvalue weighted by molar-refractivity contribution is -0.112. The Bertz CT molecular complexity index is 1610. The molecule has 4 heteroatoms. The van der Waals surface area contributed by atoms with Gasteiger partial charge in [0.1, 0.15) is 11.3 Å². The number of rotatable bonds is 2. The molecule has 2 heterocycles. The molecule has 0 aliphatic carbocycles. The van der Waals surface area contributed by atoms with Crippen LogP contribution in [0.5, 0.6) is 0 Å². The van der Waals surface area contributed by atoms with Crippen molar-refractivity contribution in [1.29, 1.82) is 0 Å². The molecule has 30 heavy (non-hydrogen) atoms. The van der Waals surface area contributed by atoms with Crippen molar-refractivity contribution < 1.29 is 9.21 Å². The number of carbonyl (C=O) groups is 1. The zero-order valence-corrected chi connectivity index (χ0v) is 17.3. The summed E-state index contributed by atoms with van der Waals surface area (Å²) in [6.07, 6.45) is 0. The molecule has 0 bridgehead atoms. The van der Waals surface area contributed by atoms with Crippen LogP contribution in [0.1, 0.15) is 5.56 Å². The lowest BCUT2D eigenvalue weighted by atomic mass is 9.94. The van der Waals surface area contributed by atoms with Crippen LogP contribution in [0.2, 0.25) is 0 Å². The van der Waals surface area contributed by atoms with Crippen molar-refractivity contribution in [2.75, 3.05) is 0 Å². The molecule has 142 valence electrons. The molecule has 0 radical (unpaired) electrons. The van der Waals surface area contributed by atoms with Crippen molar-refractivity contribution in [3.63, 3.8) is 0 Å². The highest BCUT2D eigenvalue weighted by Gasteiger charge is 2.28. The molecule has 6 rings (SSSR count). The smallest absolute Gasteiger partial charge is 0.279 e. The molecule has 3 nitrogen and oxygen atoms in total. The molecule has 0 fully saturated rings. The van der Waals surface area contributed by atoms with E-state index in [-0.39, 0.29) is 5.91 Å². The maximum absolute atomic E-state index is 13.1. The first kappa shape index (κ1) is 17.4. The molecule has 1 aliphatic heterocycles. The van der Waals surface area contributed by atoms with E-state index in [1.54, 1.807) is 0 Å². The van der Waals surface area contributed by atoms with Crippen molar-refractivity contribution in [2.24, 2.45) is 4.99 Å². The first-order valence-corrected chi connectivity index (χ1v) is 10.4. The average Bonchev–Trinajstić information content (AvgIpc) is 3.31. The number of amides is 1. The van der Waals surface area contributed by atoms with Gasteiger partial charge in [-0.2, -0.15) is 0 Å². The predicted molar refractivity (Wildman–Crippen MR) is 122 cm³/mol. The van der Waals surface area contributed by atoms with Crippen LogP contribution in [-0.4, -0.2) is 5.91 Å². The first-order chi connectivity index (χ1) is 14.7. The lowest BCUT2D eigenvalue weighted by Crippen LogP contribution is -2.22. The Morgan fingerprint density at radius 3 is 2.47 bits per heavy atom. The molecule has 1 amide bonds. The third-order valence-corrected chi connectivity index (χ3v) is 6.02. The summed E-state index contributed by atoms with van der Waals surface area (Å²) in [5, 5.41) is 4.60. The number of carbonyl (C=O) groups excluding carboxylic acids is 1. The minimum atomic E-state index is -0.233. The molecule has 0 atom stereocenters. The highest BCUT2D eigenvalue weighted by molar-refractivity contribution is 9.10. The molecule has 0 saturated heterocycles. The minimum Gasteiger partial charge on any atom is -0.455 e. The molecule has 5 aromatic rings. The Kier molecular flexibility index (Phi) is 3.77. The van der Waals surface area contributed by atoms with E-state index in [9.17, 15) is 4.79 Å². The van der Waals surface area contributed by atoms with E-state index in [2.05, 4.69) is 33.1 Å². The van der Waals surface area contributed by atoms with Crippen LogP contribution in [0.25, 0.3) is 38.6 Å². The Hall–Kier alpha value is -3.50. The zero-order valence-electron chi connectivity index (χ0n) is 15.7. The van der Waals surface area contributed by atoms with E-state index in [1.165, 1.54) is 0 Å². The van der Waals surface area contributed by atoms with Crippen molar-refractivity contribution >= 4 is 49.2 Å². The topological polar surface area (TPSA) is 42.6 Å². The third-order valence-electron chi connectivity index (χ3n) is 5.53. The third kappa shape index (κ3) is 2.50. The fourth-order valence-corrected chi connectivity index (χ4v) is 4.59. The average molecular weight is 452 g/mol. The number of halogens is 1. The standard InChI is InChI=1S/C26H14BrNO2/c27-17-12-10-15-11-13-21-22(19(15)14-17)24(25(30-21)16-6-2-1-3-7-16)23-18-8-4-5-9-20(18)28-26(23)29/h1-14H. The van der Waals surface area contributed by atoms with E-state index in [0.717, 1.165) is 42.6 Å². The molecular formula is C26H14BrNO2. The second-order valence-electron chi connectivity index (χ2n) is 7.29. The summed E-state index contributed by atoms with van der Waals surface area (Å²) in [4.78, 5) is 17.4. The summed E-state index contributed by atoms with van der Waals surface area (Å²) in [6.45, 7) is 0. The Morgan fingerprint density at radius 2 is 1.60 bits per heavy atom. The van der Waals surface area contributed by atoms with Crippen LogP contribution < -0.4 is 10.6 Å².